The number of nitrogens with zero attached hydrogens (tertiary/aromatic N) is 2. The predicted molar refractivity (Wildman–Crippen MR) is 73.8 cm³/mol. The Morgan fingerprint density at radius 3 is 3.11 bits per heavy atom. The van der Waals surface area contributed by atoms with Crippen molar-refractivity contribution < 1.29 is 0 Å². The second-order valence-electron chi connectivity index (χ2n) is 4.86. The lowest BCUT2D eigenvalue weighted by Gasteiger charge is -2.26. The standard InChI is InChI=1S/C14H18N4/c1-18-7-6-14(17-18)16-10-11-8-12-4-2-3-5-13(12)15-9-11/h2-7,11,15H,8-10H2,1H3,(H,16,17). The van der Waals surface area contributed by atoms with Crippen LogP contribution in [-0.2, 0) is 13.5 Å². The molecule has 0 bridgehead atoms. The molecule has 94 valence electrons. The van der Waals surface area contributed by atoms with Gasteiger partial charge in [0.1, 0.15) is 5.82 Å². The van der Waals surface area contributed by atoms with Crippen LogP contribution in [0.25, 0.3) is 0 Å². The van der Waals surface area contributed by atoms with E-state index in [2.05, 4.69) is 40.0 Å². The summed E-state index contributed by atoms with van der Waals surface area (Å²) in [4.78, 5) is 0. The molecule has 4 nitrogen and oxygen atoms in total. The van der Waals surface area contributed by atoms with Gasteiger partial charge in [-0.25, -0.2) is 0 Å². The fourth-order valence-corrected chi connectivity index (χ4v) is 2.41. The predicted octanol–water partition coefficient (Wildman–Crippen LogP) is 2.12. The minimum atomic E-state index is 0.613. The Morgan fingerprint density at radius 1 is 1.39 bits per heavy atom. The lowest BCUT2D eigenvalue weighted by Crippen LogP contribution is -2.28. The summed E-state index contributed by atoms with van der Waals surface area (Å²) in [6, 6.07) is 10.5. The topological polar surface area (TPSA) is 41.9 Å². The fraction of sp³-hybridized carbons (Fsp3) is 0.357. The molecule has 1 unspecified atom stereocenters. The first-order chi connectivity index (χ1) is 8.81. The monoisotopic (exact) mass is 242 g/mol. The Balaban J connectivity index is 1.59. The summed E-state index contributed by atoms with van der Waals surface area (Å²) < 4.78 is 1.82. The Morgan fingerprint density at radius 2 is 2.28 bits per heavy atom. The van der Waals surface area contributed by atoms with Crippen LogP contribution in [0.3, 0.4) is 0 Å². The number of rotatable bonds is 3. The van der Waals surface area contributed by atoms with Crippen molar-refractivity contribution in [2.45, 2.75) is 6.42 Å². The van der Waals surface area contributed by atoms with Crippen LogP contribution in [-0.4, -0.2) is 22.9 Å². The Labute approximate surface area is 107 Å². The molecule has 0 spiro atoms. The number of fused-ring (bicyclic) bond motifs is 1. The van der Waals surface area contributed by atoms with E-state index in [0.717, 1.165) is 25.3 Å². The molecule has 0 saturated carbocycles. The minimum absolute atomic E-state index is 0.613. The van der Waals surface area contributed by atoms with Gasteiger partial charge < -0.3 is 10.6 Å². The van der Waals surface area contributed by atoms with Gasteiger partial charge >= 0.3 is 0 Å². The first-order valence-corrected chi connectivity index (χ1v) is 6.36. The number of anilines is 2. The van der Waals surface area contributed by atoms with Gasteiger partial charge in [-0.3, -0.25) is 4.68 Å². The van der Waals surface area contributed by atoms with E-state index in [1.165, 1.54) is 11.3 Å². The van der Waals surface area contributed by atoms with Crippen LogP contribution >= 0.6 is 0 Å². The first kappa shape index (κ1) is 11.1. The normalized spacial score (nSPS) is 17.9. The van der Waals surface area contributed by atoms with E-state index in [9.17, 15) is 0 Å². The lowest BCUT2D eigenvalue weighted by atomic mass is 9.94. The number of para-hydroxylation sites is 1. The zero-order chi connectivity index (χ0) is 12.4. The smallest absolute Gasteiger partial charge is 0.147 e. The van der Waals surface area contributed by atoms with Crippen LogP contribution in [0, 0.1) is 5.92 Å². The van der Waals surface area contributed by atoms with Gasteiger partial charge in [0.05, 0.1) is 0 Å². The molecule has 0 amide bonds. The average molecular weight is 242 g/mol. The fourth-order valence-electron chi connectivity index (χ4n) is 2.41. The first-order valence-electron chi connectivity index (χ1n) is 6.36. The Kier molecular flexibility index (Phi) is 2.92. The second-order valence-corrected chi connectivity index (χ2v) is 4.86. The van der Waals surface area contributed by atoms with Gasteiger partial charge in [0.15, 0.2) is 0 Å². The van der Waals surface area contributed by atoms with E-state index >= 15 is 0 Å². The van der Waals surface area contributed by atoms with Crippen LogP contribution in [0.4, 0.5) is 11.5 Å². The van der Waals surface area contributed by atoms with Gasteiger partial charge in [0.2, 0.25) is 0 Å². The molecule has 2 N–H and O–H groups in total. The number of benzene rings is 1. The number of nitrogens with one attached hydrogen (secondary N) is 2. The molecule has 18 heavy (non-hydrogen) atoms. The summed E-state index contributed by atoms with van der Waals surface area (Å²) in [5.74, 6) is 1.57. The van der Waals surface area contributed by atoms with E-state index in [4.69, 9.17) is 0 Å². The van der Waals surface area contributed by atoms with Gasteiger partial charge in [-0.1, -0.05) is 18.2 Å². The molecular formula is C14H18N4. The molecule has 0 saturated heterocycles. The van der Waals surface area contributed by atoms with Gasteiger partial charge in [-0.05, 0) is 24.0 Å². The molecule has 1 atom stereocenters. The Bertz CT molecular complexity index is 532. The van der Waals surface area contributed by atoms with E-state index in [-0.39, 0.29) is 0 Å². The molecule has 0 radical (unpaired) electrons. The van der Waals surface area contributed by atoms with Crippen LogP contribution in [0.2, 0.25) is 0 Å². The van der Waals surface area contributed by atoms with E-state index < -0.39 is 0 Å². The highest BCUT2D eigenvalue weighted by Crippen LogP contribution is 2.24. The third-order valence-corrected chi connectivity index (χ3v) is 3.39. The number of hydrogen-bond donors (Lipinski definition) is 2. The second kappa shape index (κ2) is 4.72. The van der Waals surface area contributed by atoms with Crippen molar-refractivity contribution in [1.29, 1.82) is 0 Å². The van der Waals surface area contributed by atoms with E-state index in [1.54, 1.807) is 0 Å². The van der Waals surface area contributed by atoms with Crippen LogP contribution in [0.5, 0.6) is 0 Å². The molecule has 1 aliphatic heterocycles. The molecule has 0 fully saturated rings. The maximum Gasteiger partial charge on any atom is 0.147 e. The molecule has 1 aromatic carbocycles. The number of hydrogen-bond acceptors (Lipinski definition) is 3. The van der Waals surface area contributed by atoms with Crippen molar-refractivity contribution in [3.8, 4) is 0 Å². The van der Waals surface area contributed by atoms with Gasteiger partial charge in [-0.15, -0.1) is 0 Å². The Hall–Kier alpha value is -1.97. The summed E-state index contributed by atoms with van der Waals surface area (Å²) in [6.45, 7) is 1.98. The third-order valence-electron chi connectivity index (χ3n) is 3.39. The average Bonchev–Trinajstić information content (AvgIpc) is 2.82. The van der Waals surface area contributed by atoms with Crippen molar-refractivity contribution in [3.63, 3.8) is 0 Å². The maximum atomic E-state index is 4.32. The summed E-state index contributed by atoms with van der Waals surface area (Å²) in [7, 11) is 1.93. The summed E-state index contributed by atoms with van der Waals surface area (Å²) in [6.07, 6.45) is 3.08. The molecular weight excluding hydrogens is 224 g/mol. The van der Waals surface area contributed by atoms with Gasteiger partial charge in [0.25, 0.3) is 0 Å². The molecule has 3 rings (SSSR count). The highest BCUT2D eigenvalue weighted by Gasteiger charge is 2.17. The van der Waals surface area contributed by atoms with Crippen molar-refractivity contribution in [1.82, 2.24) is 9.78 Å². The van der Waals surface area contributed by atoms with E-state index in [0.29, 0.717) is 5.92 Å². The highest BCUT2D eigenvalue weighted by molar-refractivity contribution is 5.53. The molecule has 0 aliphatic carbocycles. The maximum absolute atomic E-state index is 4.32. The zero-order valence-corrected chi connectivity index (χ0v) is 10.6. The quantitative estimate of drug-likeness (QED) is 0.866. The number of aromatic nitrogens is 2. The van der Waals surface area contributed by atoms with Crippen LogP contribution < -0.4 is 10.6 Å². The van der Waals surface area contributed by atoms with Crippen molar-refractivity contribution in [2.75, 3.05) is 23.7 Å². The van der Waals surface area contributed by atoms with Crippen LogP contribution in [0.1, 0.15) is 5.56 Å². The lowest BCUT2D eigenvalue weighted by molar-refractivity contribution is 0.564. The third kappa shape index (κ3) is 2.32. The molecule has 2 heterocycles. The highest BCUT2D eigenvalue weighted by atomic mass is 15.3. The summed E-state index contributed by atoms with van der Waals surface area (Å²) in [5.41, 5.74) is 2.70. The number of aryl methyl sites for hydroxylation is 1. The molecule has 2 aromatic rings. The van der Waals surface area contributed by atoms with Crippen molar-refractivity contribution in [2.24, 2.45) is 13.0 Å². The molecule has 1 aromatic heterocycles. The van der Waals surface area contributed by atoms with Crippen molar-refractivity contribution >= 4 is 11.5 Å². The van der Waals surface area contributed by atoms with E-state index in [1.807, 2.05) is 24.0 Å². The van der Waals surface area contributed by atoms with Crippen LogP contribution in [0.15, 0.2) is 36.5 Å². The van der Waals surface area contributed by atoms with Crippen molar-refractivity contribution in [3.05, 3.63) is 42.1 Å². The van der Waals surface area contributed by atoms with Gasteiger partial charge in [-0.2, -0.15) is 5.10 Å². The summed E-state index contributed by atoms with van der Waals surface area (Å²) in [5, 5.41) is 11.2. The minimum Gasteiger partial charge on any atom is -0.384 e. The molecule has 1 aliphatic rings. The zero-order valence-electron chi connectivity index (χ0n) is 10.6. The SMILES string of the molecule is Cn1ccc(NCC2CNc3ccccc3C2)n1. The molecule has 4 heteroatoms. The van der Waals surface area contributed by atoms with Gasteiger partial charge in [0, 0.05) is 38.1 Å². The summed E-state index contributed by atoms with van der Waals surface area (Å²) >= 11 is 0. The largest absolute Gasteiger partial charge is 0.384 e.